The molecule has 1 aliphatic carbocycles. The summed E-state index contributed by atoms with van der Waals surface area (Å²) in [6.07, 6.45) is -8.32. The van der Waals surface area contributed by atoms with E-state index in [4.69, 9.17) is 12.6 Å². The Morgan fingerprint density at radius 1 is 1.24 bits per heavy atom. The minimum absolute atomic E-state index is 0.283. The van der Waals surface area contributed by atoms with Gasteiger partial charge in [-0.15, -0.1) is 0 Å². The maximum absolute atomic E-state index is 11.9. The molecule has 0 aromatic heterocycles. The lowest BCUT2D eigenvalue weighted by atomic mass is 9.79. The van der Waals surface area contributed by atoms with Gasteiger partial charge in [-0.2, -0.15) is 0 Å². The normalized spacial score (nSPS) is 36.5. The Morgan fingerprint density at radius 2 is 1.92 bits per heavy atom. The van der Waals surface area contributed by atoms with Crippen LogP contribution in [-0.4, -0.2) is 66.4 Å². The molecule has 4 atom stereocenters. The number of esters is 1. The highest BCUT2D eigenvalue weighted by Gasteiger charge is 2.50. The van der Waals surface area contributed by atoms with Crippen molar-refractivity contribution < 1.29 is 47.7 Å². The fraction of sp³-hybridized carbons (Fsp3) is 0.375. The van der Waals surface area contributed by atoms with Crippen molar-refractivity contribution in [2.24, 2.45) is 0 Å². The summed E-state index contributed by atoms with van der Waals surface area (Å²) in [6.45, 7) is 0. The summed E-state index contributed by atoms with van der Waals surface area (Å²) >= 11 is 0. The Labute approximate surface area is 144 Å². The van der Waals surface area contributed by atoms with Crippen molar-refractivity contribution in [3.8, 4) is 11.5 Å². The molecule has 0 heterocycles. The number of rotatable bonds is 4. The van der Waals surface area contributed by atoms with Crippen molar-refractivity contribution in [3.63, 3.8) is 0 Å². The van der Waals surface area contributed by atoms with Gasteiger partial charge in [0.05, 0.1) is 8.82 Å². The zero-order valence-corrected chi connectivity index (χ0v) is 12.8. The molecular formula is C16H18O9. The number of carboxylic acids is 1. The second-order valence-corrected chi connectivity index (χ2v) is 5.56. The van der Waals surface area contributed by atoms with E-state index in [0.717, 1.165) is 24.3 Å². The number of aliphatic hydroxyl groups is 3. The average molecular weight is 356 g/mol. The van der Waals surface area contributed by atoms with Crippen LogP contribution in [0.15, 0.2) is 24.3 Å². The van der Waals surface area contributed by atoms with Gasteiger partial charge in [0.25, 0.3) is 0 Å². The fourth-order valence-electron chi connectivity index (χ4n) is 2.28. The molecule has 0 bridgehead atoms. The SMILES string of the molecule is [2H]C1(O)CC(O)(C(=O)O)C[C@@H](OC(=O)/C=C/c2ccc(O)c(O)c2)C1([2H])O. The van der Waals surface area contributed by atoms with Crippen molar-refractivity contribution in [1.29, 1.82) is 0 Å². The first-order valence-corrected chi connectivity index (χ1v) is 7.10. The van der Waals surface area contributed by atoms with Crippen LogP contribution in [0.3, 0.4) is 0 Å². The molecule has 1 aromatic carbocycles. The van der Waals surface area contributed by atoms with E-state index in [-0.39, 0.29) is 11.3 Å². The zero-order valence-electron chi connectivity index (χ0n) is 14.8. The van der Waals surface area contributed by atoms with Crippen LogP contribution < -0.4 is 0 Å². The molecule has 1 fully saturated rings. The van der Waals surface area contributed by atoms with Crippen LogP contribution in [-0.2, 0) is 14.3 Å². The lowest BCUT2D eigenvalue weighted by Crippen LogP contribution is -2.57. The largest absolute Gasteiger partial charge is 0.504 e. The monoisotopic (exact) mass is 356 g/mol. The van der Waals surface area contributed by atoms with E-state index in [2.05, 4.69) is 0 Å². The average Bonchev–Trinajstić information content (AvgIpc) is 2.53. The summed E-state index contributed by atoms with van der Waals surface area (Å²) in [4.78, 5) is 23.1. The van der Waals surface area contributed by atoms with Crippen LogP contribution in [0.2, 0.25) is 0 Å². The second kappa shape index (κ2) is 7.09. The number of phenols is 2. The molecule has 0 radical (unpaired) electrons. The number of aromatic hydroxyl groups is 2. The van der Waals surface area contributed by atoms with Crippen molar-refractivity contribution in [3.05, 3.63) is 29.8 Å². The number of aliphatic carboxylic acids is 1. The molecule has 3 unspecified atom stereocenters. The first kappa shape index (κ1) is 15.9. The summed E-state index contributed by atoms with van der Waals surface area (Å²) in [5.74, 6) is -3.79. The highest BCUT2D eigenvalue weighted by molar-refractivity contribution is 5.87. The lowest BCUT2D eigenvalue weighted by Gasteiger charge is -2.39. The molecule has 1 aromatic rings. The number of hydrogen-bond donors (Lipinski definition) is 6. The number of hydrogen-bond acceptors (Lipinski definition) is 8. The first-order valence-electron chi connectivity index (χ1n) is 8.10. The number of benzene rings is 1. The summed E-state index contributed by atoms with van der Waals surface area (Å²) < 4.78 is 20.0. The van der Waals surface area contributed by atoms with Gasteiger partial charge in [-0.1, -0.05) is 6.07 Å². The van der Waals surface area contributed by atoms with Crippen molar-refractivity contribution in [1.82, 2.24) is 0 Å². The quantitative estimate of drug-likeness (QED) is 0.234. The predicted octanol–water partition coefficient (Wildman–Crippen LogP) is -0.646. The summed E-state index contributed by atoms with van der Waals surface area (Å²) in [5, 5.41) is 57.6. The number of phenolic OH excluding ortho intramolecular Hbond substituents is 2. The van der Waals surface area contributed by atoms with Gasteiger partial charge in [-0.05, 0) is 23.8 Å². The smallest absolute Gasteiger partial charge is 0.335 e. The molecule has 1 aliphatic rings. The van der Waals surface area contributed by atoms with E-state index in [9.17, 15) is 35.1 Å². The predicted molar refractivity (Wildman–Crippen MR) is 82.5 cm³/mol. The van der Waals surface area contributed by atoms with E-state index in [1.165, 1.54) is 6.07 Å². The molecule has 0 aliphatic heterocycles. The van der Waals surface area contributed by atoms with E-state index in [0.29, 0.717) is 0 Å². The zero-order chi connectivity index (χ0) is 20.6. The van der Waals surface area contributed by atoms with Crippen LogP contribution in [0.4, 0.5) is 0 Å². The summed E-state index contributed by atoms with van der Waals surface area (Å²) in [7, 11) is 0. The number of carboxylic acid groups (broad SMARTS) is 1. The van der Waals surface area contributed by atoms with Crippen LogP contribution in [0, 0.1) is 0 Å². The van der Waals surface area contributed by atoms with Gasteiger partial charge >= 0.3 is 11.9 Å². The Hall–Kier alpha value is -2.62. The third kappa shape index (κ3) is 4.27. The number of carbonyl (C=O) groups excluding carboxylic acids is 1. The van der Waals surface area contributed by atoms with Crippen LogP contribution in [0.5, 0.6) is 11.5 Å². The Morgan fingerprint density at radius 3 is 2.52 bits per heavy atom. The van der Waals surface area contributed by atoms with Crippen molar-refractivity contribution in [2.45, 2.75) is 36.7 Å². The van der Waals surface area contributed by atoms with Gasteiger partial charge in [0.1, 0.15) is 12.2 Å². The molecule has 2 rings (SSSR count). The van der Waals surface area contributed by atoms with Crippen molar-refractivity contribution in [2.75, 3.05) is 0 Å². The molecule has 0 spiro atoms. The standard InChI is InChI=1S/C16H18O9/c17-9-3-1-8(5-10(9)18)2-4-13(20)25-12-7-16(24,15(22)23)6-11(19)14(12)21/h1-5,11-12,14,17-19,21,24H,6-7H2,(H,22,23)/b4-2+/t11?,12-,14?,16?/m1/s1/i11D,14D. The van der Waals surface area contributed by atoms with E-state index >= 15 is 0 Å². The third-order valence-electron chi connectivity index (χ3n) is 3.65. The van der Waals surface area contributed by atoms with E-state index in [1.807, 2.05) is 0 Å². The van der Waals surface area contributed by atoms with Gasteiger partial charge in [-0.25, -0.2) is 9.59 Å². The Balaban J connectivity index is 2.19. The molecular weight excluding hydrogens is 336 g/mol. The molecule has 9 nitrogen and oxygen atoms in total. The first-order chi connectivity index (χ1) is 12.3. The topological polar surface area (TPSA) is 165 Å². The highest BCUT2D eigenvalue weighted by Crippen LogP contribution is 2.31. The van der Waals surface area contributed by atoms with Crippen LogP contribution in [0.1, 0.15) is 21.1 Å². The van der Waals surface area contributed by atoms with Gasteiger partial charge in [0.15, 0.2) is 17.1 Å². The van der Waals surface area contributed by atoms with Crippen molar-refractivity contribution >= 4 is 18.0 Å². The molecule has 1 saturated carbocycles. The second-order valence-electron chi connectivity index (χ2n) is 5.56. The minimum atomic E-state index is -3.12. The van der Waals surface area contributed by atoms with E-state index < -0.39 is 54.4 Å². The minimum Gasteiger partial charge on any atom is -0.504 e. The maximum atomic E-state index is 11.9. The molecule has 0 saturated heterocycles. The molecule has 25 heavy (non-hydrogen) atoms. The number of ether oxygens (including phenoxy) is 1. The van der Waals surface area contributed by atoms with E-state index in [1.54, 1.807) is 0 Å². The van der Waals surface area contributed by atoms with Gasteiger partial charge < -0.3 is 35.4 Å². The lowest BCUT2D eigenvalue weighted by molar-refractivity contribution is -0.196. The molecule has 9 heteroatoms. The maximum Gasteiger partial charge on any atom is 0.335 e. The number of carbonyl (C=O) groups is 2. The van der Waals surface area contributed by atoms with Crippen LogP contribution >= 0.6 is 0 Å². The van der Waals surface area contributed by atoms with Crippen LogP contribution in [0.25, 0.3) is 6.08 Å². The Kier molecular flexibility index (Phi) is 4.51. The summed E-state index contributed by atoms with van der Waals surface area (Å²) in [5.41, 5.74) is -2.40. The molecule has 6 N–H and O–H groups in total. The van der Waals surface area contributed by atoms with Gasteiger partial charge in [-0.3, -0.25) is 0 Å². The molecule has 0 amide bonds. The Bertz CT molecular complexity index is 790. The fourth-order valence-corrected chi connectivity index (χ4v) is 2.28. The third-order valence-corrected chi connectivity index (χ3v) is 3.65. The molecule has 136 valence electrons. The highest BCUT2D eigenvalue weighted by atomic mass is 16.6. The van der Waals surface area contributed by atoms with Gasteiger partial charge in [0, 0.05) is 18.9 Å². The summed E-state index contributed by atoms with van der Waals surface area (Å²) in [6, 6.07) is 3.65. The van der Waals surface area contributed by atoms with Gasteiger partial charge in [0.2, 0.25) is 0 Å².